The average molecular weight is 360 g/mol. The molecular formula is C15H13BrF3NO. The van der Waals surface area contributed by atoms with E-state index in [0.717, 1.165) is 6.07 Å². The fraction of sp³-hybridized carbons (Fsp3) is 0.200. The normalized spacial score (nSPS) is 10.7. The van der Waals surface area contributed by atoms with Crippen molar-refractivity contribution in [1.29, 1.82) is 0 Å². The molecule has 2 rings (SSSR count). The maximum Gasteiger partial charge on any atom is 0.146 e. The fourth-order valence-corrected chi connectivity index (χ4v) is 2.24. The summed E-state index contributed by atoms with van der Waals surface area (Å²) in [6.45, 7) is 0.107. The first-order chi connectivity index (χ1) is 10.0. The van der Waals surface area contributed by atoms with Crippen LogP contribution < -0.4 is 10.1 Å². The molecule has 0 radical (unpaired) electrons. The third-order valence-electron chi connectivity index (χ3n) is 2.90. The minimum absolute atomic E-state index is 0.164. The molecule has 1 N–H and O–H groups in total. The summed E-state index contributed by atoms with van der Waals surface area (Å²) >= 11 is 3.00. The van der Waals surface area contributed by atoms with Crippen LogP contribution in [0.5, 0.6) is 5.75 Å². The first-order valence-corrected chi connectivity index (χ1v) is 7.00. The Hall–Kier alpha value is -1.53. The summed E-state index contributed by atoms with van der Waals surface area (Å²) in [7, 11) is 1.71. The second kappa shape index (κ2) is 6.95. The van der Waals surface area contributed by atoms with E-state index < -0.39 is 17.5 Å². The third kappa shape index (κ3) is 3.77. The van der Waals surface area contributed by atoms with E-state index in [0.29, 0.717) is 17.9 Å². The summed E-state index contributed by atoms with van der Waals surface area (Å²) in [5, 5.41) is 2.88. The highest BCUT2D eigenvalue weighted by Gasteiger charge is 2.14. The van der Waals surface area contributed by atoms with Crippen molar-refractivity contribution in [3.63, 3.8) is 0 Å². The van der Waals surface area contributed by atoms with E-state index in [1.54, 1.807) is 7.05 Å². The average Bonchev–Trinajstić information content (AvgIpc) is 2.45. The molecule has 0 bridgehead atoms. The highest BCUT2D eigenvalue weighted by molar-refractivity contribution is 9.10. The predicted molar refractivity (Wildman–Crippen MR) is 77.6 cm³/mol. The van der Waals surface area contributed by atoms with Crippen LogP contribution in [-0.4, -0.2) is 7.05 Å². The second-order valence-electron chi connectivity index (χ2n) is 4.39. The number of hydrogen-bond donors (Lipinski definition) is 1. The van der Waals surface area contributed by atoms with Gasteiger partial charge in [0.1, 0.15) is 29.8 Å². The van der Waals surface area contributed by atoms with Crippen LogP contribution in [0.15, 0.2) is 34.8 Å². The van der Waals surface area contributed by atoms with Gasteiger partial charge in [-0.25, -0.2) is 13.2 Å². The molecule has 0 heterocycles. The van der Waals surface area contributed by atoms with Crippen LogP contribution in [-0.2, 0) is 13.2 Å². The molecule has 0 aliphatic rings. The van der Waals surface area contributed by atoms with Crippen molar-refractivity contribution < 1.29 is 17.9 Å². The Morgan fingerprint density at radius 1 is 1.14 bits per heavy atom. The summed E-state index contributed by atoms with van der Waals surface area (Å²) in [5.41, 5.74) is 0.400. The zero-order valence-electron chi connectivity index (χ0n) is 11.2. The Bertz CT molecular complexity index is 649. The van der Waals surface area contributed by atoms with Crippen molar-refractivity contribution in [3.05, 3.63) is 63.4 Å². The molecule has 0 fully saturated rings. The first-order valence-electron chi connectivity index (χ1n) is 6.21. The molecule has 2 aromatic rings. The van der Waals surface area contributed by atoms with E-state index in [2.05, 4.69) is 21.2 Å². The van der Waals surface area contributed by atoms with Gasteiger partial charge in [-0.3, -0.25) is 0 Å². The van der Waals surface area contributed by atoms with Gasteiger partial charge in [-0.05, 0) is 53.3 Å². The lowest BCUT2D eigenvalue weighted by Gasteiger charge is -2.13. The van der Waals surface area contributed by atoms with E-state index in [4.69, 9.17) is 4.74 Å². The van der Waals surface area contributed by atoms with Gasteiger partial charge in [0.25, 0.3) is 0 Å². The van der Waals surface area contributed by atoms with Gasteiger partial charge >= 0.3 is 0 Å². The number of ether oxygens (including phenoxy) is 1. The first kappa shape index (κ1) is 15.9. The minimum atomic E-state index is -0.702. The summed E-state index contributed by atoms with van der Waals surface area (Å²) in [4.78, 5) is 0. The zero-order valence-corrected chi connectivity index (χ0v) is 12.8. The largest absolute Gasteiger partial charge is 0.488 e. The van der Waals surface area contributed by atoms with Crippen molar-refractivity contribution in [3.8, 4) is 5.75 Å². The van der Waals surface area contributed by atoms with Crippen LogP contribution in [0, 0.1) is 17.5 Å². The van der Waals surface area contributed by atoms with Crippen LogP contribution in [0.25, 0.3) is 0 Å². The predicted octanol–water partition coefficient (Wildman–Crippen LogP) is 4.16. The Morgan fingerprint density at radius 2 is 1.90 bits per heavy atom. The molecule has 6 heteroatoms. The molecular weight excluding hydrogens is 347 g/mol. The Kier molecular flexibility index (Phi) is 5.25. The molecule has 21 heavy (non-hydrogen) atoms. The Morgan fingerprint density at radius 3 is 2.62 bits per heavy atom. The van der Waals surface area contributed by atoms with Crippen molar-refractivity contribution in [2.24, 2.45) is 0 Å². The van der Waals surface area contributed by atoms with E-state index >= 15 is 0 Å². The molecule has 0 amide bonds. The number of hydrogen-bond acceptors (Lipinski definition) is 2. The van der Waals surface area contributed by atoms with E-state index in [1.807, 2.05) is 0 Å². The van der Waals surface area contributed by atoms with Crippen LogP contribution in [0.3, 0.4) is 0 Å². The minimum Gasteiger partial charge on any atom is -0.488 e. The number of benzene rings is 2. The van der Waals surface area contributed by atoms with Gasteiger partial charge in [0.15, 0.2) is 0 Å². The molecule has 0 saturated carbocycles. The smallest absolute Gasteiger partial charge is 0.146 e. The molecule has 2 aromatic carbocycles. The zero-order chi connectivity index (χ0) is 15.4. The SMILES string of the molecule is CNCc1cc(F)ccc1OCc1c(F)ccc(Br)c1F. The van der Waals surface area contributed by atoms with E-state index in [9.17, 15) is 13.2 Å². The maximum atomic E-state index is 13.8. The second-order valence-corrected chi connectivity index (χ2v) is 5.25. The van der Waals surface area contributed by atoms with Gasteiger partial charge in [0.2, 0.25) is 0 Å². The van der Waals surface area contributed by atoms with Gasteiger partial charge < -0.3 is 10.1 Å². The van der Waals surface area contributed by atoms with E-state index in [-0.39, 0.29) is 16.6 Å². The van der Waals surface area contributed by atoms with Gasteiger partial charge in [-0.1, -0.05) is 0 Å². The molecule has 0 aliphatic heterocycles. The van der Waals surface area contributed by atoms with Crippen LogP contribution in [0.4, 0.5) is 13.2 Å². The molecule has 112 valence electrons. The van der Waals surface area contributed by atoms with E-state index in [1.165, 1.54) is 24.3 Å². The molecule has 0 spiro atoms. The summed E-state index contributed by atoms with van der Waals surface area (Å²) in [6.07, 6.45) is 0. The lowest BCUT2D eigenvalue weighted by Crippen LogP contribution is -2.09. The lowest BCUT2D eigenvalue weighted by molar-refractivity contribution is 0.288. The molecule has 0 aromatic heterocycles. The number of nitrogens with one attached hydrogen (secondary N) is 1. The van der Waals surface area contributed by atoms with Crippen LogP contribution in [0.1, 0.15) is 11.1 Å². The molecule has 2 nitrogen and oxygen atoms in total. The topological polar surface area (TPSA) is 21.3 Å². The van der Waals surface area contributed by atoms with Crippen molar-refractivity contribution in [1.82, 2.24) is 5.32 Å². The van der Waals surface area contributed by atoms with Crippen LogP contribution in [0.2, 0.25) is 0 Å². The van der Waals surface area contributed by atoms with Gasteiger partial charge in [0.05, 0.1) is 10.0 Å². The van der Waals surface area contributed by atoms with Crippen molar-refractivity contribution in [2.45, 2.75) is 13.2 Å². The van der Waals surface area contributed by atoms with Gasteiger partial charge in [-0.2, -0.15) is 0 Å². The monoisotopic (exact) mass is 359 g/mol. The molecule has 0 unspecified atom stereocenters. The van der Waals surface area contributed by atoms with Crippen LogP contribution >= 0.6 is 15.9 Å². The number of halogens is 4. The summed E-state index contributed by atoms with van der Waals surface area (Å²) in [5.74, 6) is -1.41. The standard InChI is InChI=1S/C15H13BrF3NO/c1-20-7-9-6-10(17)2-5-14(9)21-8-11-13(18)4-3-12(16)15(11)19/h2-6,20H,7-8H2,1H3. The van der Waals surface area contributed by atoms with Crippen molar-refractivity contribution >= 4 is 15.9 Å². The Labute approximate surface area is 129 Å². The number of rotatable bonds is 5. The maximum absolute atomic E-state index is 13.8. The van der Waals surface area contributed by atoms with Crippen molar-refractivity contribution in [2.75, 3.05) is 7.05 Å². The molecule has 0 aliphatic carbocycles. The highest BCUT2D eigenvalue weighted by Crippen LogP contribution is 2.25. The Balaban J connectivity index is 2.23. The summed E-state index contributed by atoms with van der Waals surface area (Å²) < 4.78 is 46.3. The molecule has 0 atom stereocenters. The molecule has 0 saturated heterocycles. The quantitative estimate of drug-likeness (QED) is 0.809. The fourth-order valence-electron chi connectivity index (χ4n) is 1.87. The summed E-state index contributed by atoms with van der Waals surface area (Å²) in [6, 6.07) is 6.45. The highest BCUT2D eigenvalue weighted by atomic mass is 79.9. The third-order valence-corrected chi connectivity index (χ3v) is 3.51. The van der Waals surface area contributed by atoms with Gasteiger partial charge in [0, 0.05) is 12.1 Å². The van der Waals surface area contributed by atoms with Gasteiger partial charge in [-0.15, -0.1) is 0 Å². The lowest BCUT2D eigenvalue weighted by atomic mass is 10.2.